The molecule has 106 valence electrons. The van der Waals surface area contributed by atoms with Crippen LogP contribution in [0.5, 0.6) is 0 Å². The van der Waals surface area contributed by atoms with Gasteiger partial charge in [0.25, 0.3) is 0 Å². The third-order valence-electron chi connectivity index (χ3n) is 3.74. The standard InChI is InChI=1S/C16H14N2O3/c1-16(2)13(19)17-15(21)18(14(16)20)12-9-5-7-10-6-3-4-8-11(10)12/h3-9H,1-2H3,(H,17,19,21). The van der Waals surface area contributed by atoms with Crippen molar-refractivity contribution in [2.75, 3.05) is 4.90 Å². The number of fused-ring (bicyclic) bond motifs is 1. The molecule has 0 spiro atoms. The van der Waals surface area contributed by atoms with E-state index in [2.05, 4.69) is 5.32 Å². The van der Waals surface area contributed by atoms with Crippen LogP contribution in [-0.2, 0) is 9.59 Å². The second kappa shape index (κ2) is 4.41. The number of benzene rings is 2. The summed E-state index contributed by atoms with van der Waals surface area (Å²) in [6, 6.07) is 12.2. The number of amides is 4. The second-order valence-electron chi connectivity index (χ2n) is 5.52. The summed E-state index contributed by atoms with van der Waals surface area (Å²) < 4.78 is 0. The predicted octanol–water partition coefficient (Wildman–Crippen LogP) is 2.45. The van der Waals surface area contributed by atoms with Gasteiger partial charge in [-0.05, 0) is 25.3 Å². The molecule has 21 heavy (non-hydrogen) atoms. The Hall–Kier alpha value is -2.69. The van der Waals surface area contributed by atoms with Crippen LogP contribution in [0.2, 0.25) is 0 Å². The number of barbiturate groups is 1. The van der Waals surface area contributed by atoms with Gasteiger partial charge in [-0.3, -0.25) is 14.9 Å². The molecule has 1 fully saturated rings. The highest BCUT2D eigenvalue weighted by molar-refractivity contribution is 6.31. The lowest BCUT2D eigenvalue weighted by Gasteiger charge is -2.34. The lowest BCUT2D eigenvalue weighted by molar-refractivity contribution is -0.140. The minimum atomic E-state index is -1.27. The first-order valence-electron chi connectivity index (χ1n) is 6.60. The van der Waals surface area contributed by atoms with Crippen LogP contribution in [0.3, 0.4) is 0 Å². The van der Waals surface area contributed by atoms with E-state index < -0.39 is 23.3 Å². The quantitative estimate of drug-likeness (QED) is 0.817. The third-order valence-corrected chi connectivity index (χ3v) is 3.74. The smallest absolute Gasteiger partial charge is 0.276 e. The summed E-state index contributed by atoms with van der Waals surface area (Å²) in [4.78, 5) is 37.5. The molecule has 5 heteroatoms. The molecule has 0 radical (unpaired) electrons. The summed E-state index contributed by atoms with van der Waals surface area (Å²) in [5.41, 5.74) is -0.790. The molecule has 0 unspecified atom stereocenters. The summed E-state index contributed by atoms with van der Waals surface area (Å²) in [5, 5.41) is 3.95. The van der Waals surface area contributed by atoms with Crippen LogP contribution < -0.4 is 10.2 Å². The SMILES string of the molecule is CC1(C)C(=O)NC(=O)N(c2cccc3ccccc23)C1=O. The number of imide groups is 2. The van der Waals surface area contributed by atoms with E-state index in [1.54, 1.807) is 12.1 Å². The molecule has 1 saturated heterocycles. The average Bonchev–Trinajstić information content (AvgIpc) is 2.46. The number of urea groups is 1. The maximum atomic E-state index is 12.6. The normalized spacial score (nSPS) is 18.0. The van der Waals surface area contributed by atoms with E-state index in [4.69, 9.17) is 0 Å². The van der Waals surface area contributed by atoms with Gasteiger partial charge < -0.3 is 0 Å². The second-order valence-corrected chi connectivity index (χ2v) is 5.52. The molecule has 0 aromatic heterocycles. The molecule has 1 aliphatic rings. The molecular weight excluding hydrogens is 268 g/mol. The summed E-state index contributed by atoms with van der Waals surface area (Å²) in [5.74, 6) is -1.10. The zero-order chi connectivity index (χ0) is 15.2. The van der Waals surface area contributed by atoms with Crippen molar-refractivity contribution in [3.8, 4) is 0 Å². The van der Waals surface area contributed by atoms with Crippen molar-refractivity contribution in [1.29, 1.82) is 0 Å². The van der Waals surface area contributed by atoms with E-state index in [9.17, 15) is 14.4 Å². The molecule has 3 rings (SSSR count). The first-order chi connectivity index (χ1) is 9.93. The monoisotopic (exact) mass is 282 g/mol. The van der Waals surface area contributed by atoms with E-state index in [0.29, 0.717) is 5.69 Å². The number of carbonyl (C=O) groups is 3. The highest BCUT2D eigenvalue weighted by atomic mass is 16.2. The van der Waals surface area contributed by atoms with Gasteiger partial charge in [-0.1, -0.05) is 36.4 Å². The Morgan fingerprint density at radius 1 is 0.952 bits per heavy atom. The minimum Gasteiger partial charge on any atom is -0.276 e. The topological polar surface area (TPSA) is 66.5 Å². The first-order valence-corrected chi connectivity index (χ1v) is 6.60. The van der Waals surface area contributed by atoms with Gasteiger partial charge in [0.2, 0.25) is 11.8 Å². The van der Waals surface area contributed by atoms with Crippen molar-refractivity contribution in [2.24, 2.45) is 5.41 Å². The number of hydrogen-bond acceptors (Lipinski definition) is 3. The first kappa shape index (κ1) is 13.3. The van der Waals surface area contributed by atoms with Crippen LogP contribution in [0.4, 0.5) is 10.5 Å². The molecule has 2 aromatic carbocycles. The van der Waals surface area contributed by atoms with E-state index in [1.807, 2.05) is 30.3 Å². The fraction of sp³-hybridized carbons (Fsp3) is 0.188. The number of anilines is 1. The van der Waals surface area contributed by atoms with Crippen molar-refractivity contribution < 1.29 is 14.4 Å². The van der Waals surface area contributed by atoms with Crippen molar-refractivity contribution in [1.82, 2.24) is 5.32 Å². The molecule has 1 aliphatic heterocycles. The van der Waals surface area contributed by atoms with Crippen molar-refractivity contribution in [3.05, 3.63) is 42.5 Å². The zero-order valence-corrected chi connectivity index (χ0v) is 11.7. The van der Waals surface area contributed by atoms with Crippen LogP contribution in [0.15, 0.2) is 42.5 Å². The van der Waals surface area contributed by atoms with Crippen LogP contribution in [0, 0.1) is 5.41 Å². The molecule has 1 heterocycles. The zero-order valence-electron chi connectivity index (χ0n) is 11.7. The van der Waals surface area contributed by atoms with Crippen LogP contribution >= 0.6 is 0 Å². The Labute approximate surface area is 121 Å². The van der Waals surface area contributed by atoms with Gasteiger partial charge in [0.1, 0.15) is 5.41 Å². The minimum absolute atomic E-state index is 0.483. The Balaban J connectivity index is 2.20. The molecule has 1 N–H and O–H groups in total. The molecular formula is C16H14N2O3. The fourth-order valence-electron chi connectivity index (χ4n) is 2.40. The predicted molar refractivity (Wildman–Crippen MR) is 78.8 cm³/mol. The Morgan fingerprint density at radius 2 is 1.62 bits per heavy atom. The number of hydrogen-bond donors (Lipinski definition) is 1. The van der Waals surface area contributed by atoms with Gasteiger partial charge in [-0.2, -0.15) is 0 Å². The molecule has 5 nitrogen and oxygen atoms in total. The van der Waals surface area contributed by atoms with Gasteiger partial charge in [-0.25, -0.2) is 9.69 Å². The van der Waals surface area contributed by atoms with E-state index in [-0.39, 0.29) is 0 Å². The molecule has 0 saturated carbocycles. The van der Waals surface area contributed by atoms with E-state index >= 15 is 0 Å². The molecule has 0 bridgehead atoms. The highest BCUT2D eigenvalue weighted by Gasteiger charge is 2.47. The maximum Gasteiger partial charge on any atom is 0.335 e. The van der Waals surface area contributed by atoms with Gasteiger partial charge in [-0.15, -0.1) is 0 Å². The Bertz CT molecular complexity index is 775. The summed E-state index contributed by atoms with van der Waals surface area (Å²) in [7, 11) is 0. The summed E-state index contributed by atoms with van der Waals surface area (Å²) in [6.45, 7) is 3.02. The third kappa shape index (κ3) is 1.89. The lowest BCUT2D eigenvalue weighted by atomic mass is 9.88. The van der Waals surface area contributed by atoms with E-state index in [1.165, 1.54) is 13.8 Å². The molecule has 0 atom stereocenters. The van der Waals surface area contributed by atoms with Gasteiger partial charge in [0.15, 0.2) is 0 Å². The lowest BCUT2D eigenvalue weighted by Crippen LogP contribution is -2.62. The van der Waals surface area contributed by atoms with Crippen LogP contribution in [-0.4, -0.2) is 17.8 Å². The van der Waals surface area contributed by atoms with Gasteiger partial charge in [0, 0.05) is 5.39 Å². The number of nitrogens with zero attached hydrogens (tertiary/aromatic N) is 1. The van der Waals surface area contributed by atoms with E-state index in [0.717, 1.165) is 15.7 Å². The largest absolute Gasteiger partial charge is 0.335 e. The Morgan fingerprint density at radius 3 is 2.38 bits per heavy atom. The summed E-state index contributed by atoms with van der Waals surface area (Å²) in [6.07, 6.45) is 0. The summed E-state index contributed by atoms with van der Waals surface area (Å²) >= 11 is 0. The van der Waals surface area contributed by atoms with Crippen LogP contribution in [0.1, 0.15) is 13.8 Å². The highest BCUT2D eigenvalue weighted by Crippen LogP contribution is 2.32. The Kier molecular flexibility index (Phi) is 2.79. The average molecular weight is 282 g/mol. The maximum absolute atomic E-state index is 12.6. The van der Waals surface area contributed by atoms with Crippen molar-refractivity contribution >= 4 is 34.3 Å². The van der Waals surface area contributed by atoms with Gasteiger partial charge >= 0.3 is 6.03 Å². The van der Waals surface area contributed by atoms with Crippen molar-refractivity contribution in [2.45, 2.75) is 13.8 Å². The number of nitrogens with one attached hydrogen (secondary N) is 1. The molecule has 2 aromatic rings. The molecule has 0 aliphatic carbocycles. The number of carbonyl (C=O) groups excluding carboxylic acids is 3. The number of rotatable bonds is 1. The van der Waals surface area contributed by atoms with Gasteiger partial charge in [0.05, 0.1) is 5.69 Å². The fourth-order valence-corrected chi connectivity index (χ4v) is 2.40. The van der Waals surface area contributed by atoms with Crippen molar-refractivity contribution in [3.63, 3.8) is 0 Å². The van der Waals surface area contributed by atoms with Crippen LogP contribution in [0.25, 0.3) is 10.8 Å². The molecule has 4 amide bonds.